The molecule has 4 aliphatic rings. The fraction of sp³-hybridized carbons (Fsp3) is 0.833. The van der Waals surface area contributed by atoms with E-state index >= 15 is 0 Å². The molecule has 1 N–H and O–H groups in total. The van der Waals surface area contributed by atoms with Crippen LogP contribution in [0.5, 0.6) is 0 Å². The molecule has 0 saturated heterocycles. The molecule has 8 heteroatoms. The van der Waals surface area contributed by atoms with Gasteiger partial charge in [0.05, 0.1) is 5.41 Å². The highest BCUT2D eigenvalue weighted by Gasteiger charge is 2.65. The van der Waals surface area contributed by atoms with Crippen molar-refractivity contribution in [1.82, 2.24) is 0 Å². The van der Waals surface area contributed by atoms with Crippen molar-refractivity contribution in [2.45, 2.75) is 76.4 Å². The summed E-state index contributed by atoms with van der Waals surface area (Å²) < 4.78 is 38.6. The molecule has 0 aliphatic heterocycles. The Morgan fingerprint density at radius 1 is 1.08 bits per heavy atom. The maximum absolute atomic E-state index is 14.0. The van der Waals surface area contributed by atoms with Crippen molar-refractivity contribution in [3.05, 3.63) is 0 Å². The number of carboxylic acid groups (broad SMARTS) is 1. The second kappa shape index (κ2) is 5.63. The van der Waals surface area contributed by atoms with Gasteiger partial charge in [0.25, 0.3) is 0 Å². The maximum atomic E-state index is 14.0. The first-order chi connectivity index (χ1) is 11.8. The highest BCUT2D eigenvalue weighted by molar-refractivity contribution is 5.81. The van der Waals surface area contributed by atoms with Crippen LogP contribution in [0.4, 0.5) is 8.78 Å². The smallest absolute Gasteiger partial charge is 0.380 e. The Morgan fingerprint density at radius 3 is 2.08 bits per heavy atom. The number of ether oxygens (including phenoxy) is 2. The Balaban J connectivity index is 1.85. The number of carbonyl (C=O) groups is 3. The van der Waals surface area contributed by atoms with E-state index in [9.17, 15) is 23.2 Å². The summed E-state index contributed by atoms with van der Waals surface area (Å²) in [6, 6.07) is 0. The molecule has 0 aromatic heterocycles. The number of alkyl halides is 2. The molecule has 4 fully saturated rings. The van der Waals surface area contributed by atoms with Crippen molar-refractivity contribution in [2.24, 2.45) is 17.3 Å². The number of carbonyl (C=O) groups excluding carboxylic acids is 2. The van der Waals surface area contributed by atoms with E-state index in [4.69, 9.17) is 14.6 Å². The molecule has 4 saturated carbocycles. The van der Waals surface area contributed by atoms with E-state index < -0.39 is 40.4 Å². The highest BCUT2D eigenvalue weighted by atomic mass is 19.3. The molecule has 2 unspecified atom stereocenters. The molecule has 4 bridgehead atoms. The molecule has 146 valence electrons. The Bertz CT molecular complexity index is 642. The molecule has 26 heavy (non-hydrogen) atoms. The average molecular weight is 374 g/mol. The van der Waals surface area contributed by atoms with Crippen LogP contribution in [-0.2, 0) is 23.9 Å². The summed E-state index contributed by atoms with van der Waals surface area (Å²) in [6.07, 6.45) is 3.52. The minimum atomic E-state index is -4.21. The van der Waals surface area contributed by atoms with Crippen molar-refractivity contribution >= 4 is 17.9 Å². The topological polar surface area (TPSA) is 89.9 Å². The van der Waals surface area contributed by atoms with Gasteiger partial charge < -0.3 is 14.6 Å². The summed E-state index contributed by atoms with van der Waals surface area (Å²) in [5, 5.41) is 8.77. The number of carboxylic acids is 1. The summed E-state index contributed by atoms with van der Waals surface area (Å²) in [7, 11) is 0. The van der Waals surface area contributed by atoms with E-state index in [1.54, 1.807) is 0 Å². The van der Waals surface area contributed by atoms with Gasteiger partial charge in [-0.3, -0.25) is 9.59 Å². The van der Waals surface area contributed by atoms with Crippen LogP contribution >= 0.6 is 0 Å². The predicted molar refractivity (Wildman–Crippen MR) is 84.4 cm³/mol. The SMILES string of the molecule is CC(=O)OC12CC3CC(C1)CC(C(=O)OC(C)(C)C(F)(F)C(=O)O)(C3)C2. The Kier molecular flexibility index (Phi) is 4.12. The predicted octanol–water partition coefficient (Wildman–Crippen LogP) is 2.93. The second-order valence-electron chi connectivity index (χ2n) is 8.80. The van der Waals surface area contributed by atoms with Gasteiger partial charge in [0, 0.05) is 13.3 Å². The summed E-state index contributed by atoms with van der Waals surface area (Å²) in [4.78, 5) is 35.3. The lowest BCUT2D eigenvalue weighted by Gasteiger charge is -2.60. The lowest BCUT2D eigenvalue weighted by Crippen LogP contribution is -2.61. The zero-order valence-electron chi connectivity index (χ0n) is 15.1. The minimum Gasteiger partial charge on any atom is -0.477 e. The summed E-state index contributed by atoms with van der Waals surface area (Å²) >= 11 is 0. The summed E-state index contributed by atoms with van der Waals surface area (Å²) in [5.41, 5.74) is -4.21. The monoisotopic (exact) mass is 374 g/mol. The van der Waals surface area contributed by atoms with Crippen LogP contribution in [0.15, 0.2) is 0 Å². The van der Waals surface area contributed by atoms with E-state index in [-0.39, 0.29) is 18.3 Å². The number of aliphatic carboxylic acids is 1. The number of rotatable bonds is 5. The number of halogens is 2. The van der Waals surface area contributed by atoms with Crippen LogP contribution < -0.4 is 0 Å². The van der Waals surface area contributed by atoms with Gasteiger partial charge in [-0.25, -0.2) is 4.79 Å². The average Bonchev–Trinajstić information content (AvgIpc) is 2.43. The van der Waals surface area contributed by atoms with E-state index in [2.05, 4.69) is 0 Å². The van der Waals surface area contributed by atoms with E-state index in [1.807, 2.05) is 0 Å². The van der Waals surface area contributed by atoms with Gasteiger partial charge in [0.1, 0.15) is 5.60 Å². The zero-order chi connectivity index (χ0) is 19.5. The third kappa shape index (κ3) is 2.87. The van der Waals surface area contributed by atoms with Gasteiger partial charge >= 0.3 is 23.8 Å². The Labute approximate surface area is 150 Å². The normalized spacial score (nSPS) is 35.9. The van der Waals surface area contributed by atoms with Gasteiger partial charge in [-0.05, 0) is 57.8 Å². The molecule has 4 aliphatic carbocycles. The van der Waals surface area contributed by atoms with Gasteiger partial charge in [0.15, 0.2) is 5.60 Å². The van der Waals surface area contributed by atoms with Crippen molar-refractivity contribution in [3.8, 4) is 0 Å². The molecule has 0 amide bonds. The number of esters is 2. The van der Waals surface area contributed by atoms with Crippen LogP contribution in [0.1, 0.15) is 59.3 Å². The highest BCUT2D eigenvalue weighted by Crippen LogP contribution is 2.63. The standard InChI is InChI=1S/C18H24F2O6/c1-10(21)25-17-7-11-4-12(8-17)6-16(5-11,9-17)14(24)26-15(2,3)18(19,20)13(22)23/h11-12H,4-9H2,1-3H3,(H,22,23). The first-order valence-corrected chi connectivity index (χ1v) is 8.85. The van der Waals surface area contributed by atoms with Crippen molar-refractivity contribution in [1.29, 1.82) is 0 Å². The van der Waals surface area contributed by atoms with Crippen LogP contribution in [-0.4, -0.2) is 40.1 Å². The fourth-order valence-corrected chi connectivity index (χ4v) is 5.50. The van der Waals surface area contributed by atoms with Crippen molar-refractivity contribution < 1.29 is 37.7 Å². The minimum absolute atomic E-state index is 0.172. The zero-order valence-corrected chi connectivity index (χ0v) is 15.1. The number of hydrogen-bond donors (Lipinski definition) is 1. The Hall–Kier alpha value is -1.73. The summed E-state index contributed by atoms with van der Waals surface area (Å²) in [6.45, 7) is 3.13. The van der Waals surface area contributed by atoms with E-state index in [0.717, 1.165) is 20.3 Å². The third-order valence-electron chi connectivity index (χ3n) is 6.17. The molecule has 0 heterocycles. The first-order valence-electron chi connectivity index (χ1n) is 8.85. The molecule has 0 aromatic rings. The van der Waals surface area contributed by atoms with Gasteiger partial charge in [0.2, 0.25) is 0 Å². The molecule has 0 aromatic carbocycles. The van der Waals surface area contributed by atoms with Crippen molar-refractivity contribution in [2.75, 3.05) is 0 Å². The Morgan fingerprint density at radius 2 is 1.62 bits per heavy atom. The van der Waals surface area contributed by atoms with Crippen LogP contribution in [0.2, 0.25) is 0 Å². The van der Waals surface area contributed by atoms with E-state index in [1.165, 1.54) is 6.92 Å². The lowest BCUT2D eigenvalue weighted by molar-refractivity contribution is -0.237. The molecular weight excluding hydrogens is 350 g/mol. The fourth-order valence-electron chi connectivity index (χ4n) is 5.50. The van der Waals surface area contributed by atoms with Gasteiger partial charge in [-0.2, -0.15) is 8.78 Å². The first kappa shape index (κ1) is 19.0. The molecule has 0 radical (unpaired) electrons. The lowest BCUT2D eigenvalue weighted by atomic mass is 9.48. The third-order valence-corrected chi connectivity index (χ3v) is 6.17. The van der Waals surface area contributed by atoms with Crippen LogP contribution in [0, 0.1) is 17.3 Å². The quantitative estimate of drug-likeness (QED) is 0.744. The largest absolute Gasteiger partial charge is 0.477 e. The van der Waals surface area contributed by atoms with Gasteiger partial charge in [-0.15, -0.1) is 0 Å². The molecule has 6 nitrogen and oxygen atoms in total. The van der Waals surface area contributed by atoms with Crippen LogP contribution in [0.25, 0.3) is 0 Å². The molecule has 4 rings (SSSR count). The van der Waals surface area contributed by atoms with Gasteiger partial charge in [-0.1, -0.05) is 0 Å². The van der Waals surface area contributed by atoms with Crippen molar-refractivity contribution in [3.63, 3.8) is 0 Å². The second-order valence-corrected chi connectivity index (χ2v) is 8.80. The summed E-state index contributed by atoms with van der Waals surface area (Å²) in [5.74, 6) is -7.43. The maximum Gasteiger partial charge on any atom is 0.380 e. The number of hydrogen-bond acceptors (Lipinski definition) is 5. The van der Waals surface area contributed by atoms with E-state index in [0.29, 0.717) is 25.7 Å². The molecule has 0 spiro atoms. The molecule has 2 atom stereocenters. The molecular formula is C18H24F2O6. The van der Waals surface area contributed by atoms with Crippen LogP contribution in [0.3, 0.4) is 0 Å².